The minimum atomic E-state index is 0.635. The lowest BCUT2D eigenvalue weighted by Gasteiger charge is -1.98. The maximum Gasteiger partial charge on any atom is 0.142 e. The first kappa shape index (κ1) is 10.4. The van der Waals surface area contributed by atoms with Crippen LogP contribution in [0.2, 0.25) is 0 Å². The Morgan fingerprint density at radius 2 is 2.19 bits per heavy atom. The van der Waals surface area contributed by atoms with Crippen LogP contribution < -0.4 is 0 Å². The molecule has 2 rings (SSSR count). The monoisotopic (exact) mass is 212 g/mol. The van der Waals surface area contributed by atoms with E-state index in [1.165, 1.54) is 0 Å². The summed E-state index contributed by atoms with van der Waals surface area (Å²) in [4.78, 5) is 8.45. The average molecular weight is 212 g/mol. The second kappa shape index (κ2) is 4.58. The quantitative estimate of drug-likeness (QED) is 0.774. The average Bonchev–Trinajstić information content (AvgIpc) is 2.68. The number of nitriles is 1. The third kappa shape index (κ3) is 2.09. The van der Waals surface area contributed by atoms with Crippen molar-refractivity contribution in [3.63, 3.8) is 0 Å². The highest BCUT2D eigenvalue weighted by molar-refractivity contribution is 5.27. The summed E-state index contributed by atoms with van der Waals surface area (Å²) >= 11 is 0. The Balaban J connectivity index is 2.09. The van der Waals surface area contributed by atoms with Gasteiger partial charge < -0.3 is 4.57 Å². The van der Waals surface area contributed by atoms with Crippen molar-refractivity contribution in [2.45, 2.75) is 12.8 Å². The van der Waals surface area contributed by atoms with Crippen molar-refractivity contribution in [1.82, 2.24) is 14.5 Å². The predicted molar refractivity (Wildman–Crippen MR) is 59.6 cm³/mol. The zero-order valence-electron chi connectivity index (χ0n) is 9.09. The molecule has 2 aromatic rings. The molecule has 0 saturated carbocycles. The van der Waals surface area contributed by atoms with E-state index in [1.807, 2.05) is 25.2 Å². The van der Waals surface area contributed by atoms with Gasteiger partial charge in [-0.05, 0) is 25.0 Å². The number of hydrogen-bond acceptors (Lipinski definition) is 3. The Morgan fingerprint density at radius 3 is 2.88 bits per heavy atom. The van der Waals surface area contributed by atoms with Crippen LogP contribution in [0.25, 0.3) is 0 Å². The highest BCUT2D eigenvalue weighted by Crippen LogP contribution is 2.08. The first-order valence-electron chi connectivity index (χ1n) is 5.11. The lowest BCUT2D eigenvalue weighted by molar-refractivity contribution is 0.870. The molecule has 80 valence electrons. The van der Waals surface area contributed by atoms with Crippen LogP contribution in [0.5, 0.6) is 0 Å². The summed E-state index contributed by atoms with van der Waals surface area (Å²) in [5.74, 6) is 0. The molecule has 0 aliphatic heterocycles. The number of aromatic nitrogens is 3. The fourth-order valence-corrected chi connectivity index (χ4v) is 1.60. The molecule has 0 bridgehead atoms. The molecular formula is C12H12N4. The molecule has 0 radical (unpaired) electrons. The summed E-state index contributed by atoms with van der Waals surface area (Å²) < 4.78 is 1.74. The van der Waals surface area contributed by atoms with Gasteiger partial charge >= 0.3 is 0 Å². The summed E-state index contributed by atoms with van der Waals surface area (Å²) in [7, 11) is 1.83. The summed E-state index contributed by atoms with van der Waals surface area (Å²) in [6, 6.07) is 8.00. The van der Waals surface area contributed by atoms with Crippen LogP contribution in [0.15, 0.2) is 30.7 Å². The Kier molecular flexibility index (Phi) is 2.97. The molecule has 0 aromatic carbocycles. The van der Waals surface area contributed by atoms with Crippen molar-refractivity contribution in [3.8, 4) is 6.07 Å². The number of hydrogen-bond donors (Lipinski definition) is 0. The van der Waals surface area contributed by atoms with Crippen molar-refractivity contribution in [1.29, 1.82) is 5.26 Å². The van der Waals surface area contributed by atoms with E-state index in [4.69, 9.17) is 5.26 Å². The molecule has 0 N–H and O–H groups in total. The van der Waals surface area contributed by atoms with Crippen LogP contribution >= 0.6 is 0 Å². The fraction of sp³-hybridized carbons (Fsp3) is 0.250. The normalized spacial score (nSPS) is 10.0. The van der Waals surface area contributed by atoms with Gasteiger partial charge in [-0.3, -0.25) is 4.98 Å². The number of nitrogens with zero attached hydrogens (tertiary/aromatic N) is 4. The van der Waals surface area contributed by atoms with E-state index in [1.54, 1.807) is 17.1 Å². The van der Waals surface area contributed by atoms with Gasteiger partial charge in [-0.15, -0.1) is 0 Å². The molecule has 4 nitrogen and oxygen atoms in total. The standard InChI is InChI=1S/C12H12N4/c1-16-9-15-11(12(16)8-13)6-5-10-4-2-3-7-14-10/h2-4,7,9H,5-6H2,1H3. The number of aryl methyl sites for hydroxylation is 3. The van der Waals surface area contributed by atoms with Gasteiger partial charge in [-0.25, -0.2) is 4.98 Å². The summed E-state index contributed by atoms with van der Waals surface area (Å²) in [6.07, 6.45) is 5.01. The van der Waals surface area contributed by atoms with E-state index in [2.05, 4.69) is 16.0 Å². The Hall–Kier alpha value is -2.15. The molecule has 0 spiro atoms. The minimum absolute atomic E-state index is 0.635. The van der Waals surface area contributed by atoms with E-state index in [0.29, 0.717) is 5.69 Å². The van der Waals surface area contributed by atoms with Gasteiger partial charge in [0, 0.05) is 18.9 Å². The summed E-state index contributed by atoms with van der Waals surface area (Å²) in [5.41, 5.74) is 2.50. The molecule has 0 aliphatic carbocycles. The van der Waals surface area contributed by atoms with Crippen molar-refractivity contribution in [2.75, 3.05) is 0 Å². The minimum Gasteiger partial charge on any atom is -0.325 e. The van der Waals surface area contributed by atoms with Crippen molar-refractivity contribution < 1.29 is 0 Å². The second-order valence-corrected chi connectivity index (χ2v) is 3.58. The second-order valence-electron chi connectivity index (χ2n) is 3.58. The van der Waals surface area contributed by atoms with Crippen LogP contribution in [0.3, 0.4) is 0 Å². The van der Waals surface area contributed by atoms with Gasteiger partial charge in [0.2, 0.25) is 0 Å². The van der Waals surface area contributed by atoms with Crippen LogP contribution in [-0.2, 0) is 19.9 Å². The van der Waals surface area contributed by atoms with Gasteiger partial charge in [0.05, 0.1) is 12.0 Å². The maximum atomic E-state index is 8.96. The third-order valence-corrected chi connectivity index (χ3v) is 2.46. The van der Waals surface area contributed by atoms with E-state index < -0.39 is 0 Å². The molecule has 0 atom stereocenters. The van der Waals surface area contributed by atoms with E-state index in [-0.39, 0.29) is 0 Å². The fourth-order valence-electron chi connectivity index (χ4n) is 1.60. The zero-order valence-corrected chi connectivity index (χ0v) is 9.09. The highest BCUT2D eigenvalue weighted by atomic mass is 15.0. The SMILES string of the molecule is Cn1cnc(CCc2ccccn2)c1C#N. The molecule has 0 unspecified atom stereocenters. The van der Waals surface area contributed by atoms with Crippen LogP contribution in [0, 0.1) is 11.3 Å². The molecular weight excluding hydrogens is 200 g/mol. The van der Waals surface area contributed by atoms with Crippen molar-refractivity contribution in [3.05, 3.63) is 47.8 Å². The Morgan fingerprint density at radius 1 is 1.31 bits per heavy atom. The first-order chi connectivity index (χ1) is 7.81. The topological polar surface area (TPSA) is 54.5 Å². The number of imidazole rings is 1. The molecule has 0 amide bonds. The van der Waals surface area contributed by atoms with Crippen molar-refractivity contribution in [2.24, 2.45) is 7.05 Å². The van der Waals surface area contributed by atoms with Gasteiger partial charge in [0.25, 0.3) is 0 Å². The zero-order chi connectivity index (χ0) is 11.4. The predicted octanol–water partition coefficient (Wildman–Crippen LogP) is 1.47. The van der Waals surface area contributed by atoms with E-state index in [0.717, 1.165) is 24.2 Å². The number of pyridine rings is 1. The Labute approximate surface area is 94.2 Å². The molecule has 2 aromatic heterocycles. The summed E-state index contributed by atoms with van der Waals surface area (Å²) in [5, 5.41) is 8.96. The lowest BCUT2D eigenvalue weighted by Crippen LogP contribution is -1.98. The van der Waals surface area contributed by atoms with Gasteiger partial charge in [0.1, 0.15) is 11.8 Å². The first-order valence-corrected chi connectivity index (χ1v) is 5.11. The van der Waals surface area contributed by atoms with Gasteiger partial charge in [-0.2, -0.15) is 5.26 Å². The smallest absolute Gasteiger partial charge is 0.142 e. The van der Waals surface area contributed by atoms with Gasteiger partial charge in [-0.1, -0.05) is 6.07 Å². The third-order valence-electron chi connectivity index (χ3n) is 2.46. The Bertz CT molecular complexity index is 508. The van der Waals surface area contributed by atoms with Crippen LogP contribution in [0.4, 0.5) is 0 Å². The van der Waals surface area contributed by atoms with E-state index in [9.17, 15) is 0 Å². The maximum absolute atomic E-state index is 8.96. The molecule has 0 fully saturated rings. The largest absolute Gasteiger partial charge is 0.325 e. The van der Waals surface area contributed by atoms with Gasteiger partial charge in [0.15, 0.2) is 0 Å². The van der Waals surface area contributed by atoms with E-state index >= 15 is 0 Å². The molecule has 16 heavy (non-hydrogen) atoms. The molecule has 4 heteroatoms. The van der Waals surface area contributed by atoms with Crippen molar-refractivity contribution >= 4 is 0 Å². The summed E-state index contributed by atoms with van der Waals surface area (Å²) in [6.45, 7) is 0. The highest BCUT2D eigenvalue weighted by Gasteiger charge is 2.07. The van der Waals surface area contributed by atoms with Crippen LogP contribution in [0.1, 0.15) is 17.1 Å². The molecule has 2 heterocycles. The van der Waals surface area contributed by atoms with Crippen LogP contribution in [-0.4, -0.2) is 14.5 Å². The molecule has 0 saturated heterocycles. The number of rotatable bonds is 3. The molecule has 0 aliphatic rings. The lowest BCUT2D eigenvalue weighted by atomic mass is 10.1.